The molecular formula is C18H23N3O5. The largest absolute Gasteiger partial charge is 0.480 e. The van der Waals surface area contributed by atoms with Crippen LogP contribution in [0, 0.1) is 16.0 Å². The molecule has 2 aliphatic carbocycles. The van der Waals surface area contributed by atoms with Crippen LogP contribution in [0.1, 0.15) is 31.2 Å². The Morgan fingerprint density at radius 3 is 2.42 bits per heavy atom. The van der Waals surface area contributed by atoms with E-state index < -0.39 is 10.9 Å². The fraction of sp³-hybridized carbons (Fsp3) is 0.556. The van der Waals surface area contributed by atoms with E-state index in [9.17, 15) is 19.7 Å². The standard InChI is InChI=1S/C18H23N3O5/c22-17(7-12-3-5-15(6-4-12)21(25)26)19-14-8-16(9-14)20(11-18(23)24)10-13-1-2-13/h3-6,13-14,16H,1-2,7-11H2,(H,19,22)(H,23,24). The lowest BCUT2D eigenvalue weighted by Gasteiger charge is -2.42. The van der Waals surface area contributed by atoms with Crippen molar-refractivity contribution in [1.29, 1.82) is 0 Å². The van der Waals surface area contributed by atoms with Gasteiger partial charge in [-0.3, -0.25) is 24.6 Å². The molecule has 2 aliphatic rings. The summed E-state index contributed by atoms with van der Waals surface area (Å²) < 4.78 is 0. The molecule has 0 bridgehead atoms. The number of amides is 1. The Hall–Kier alpha value is -2.48. The molecule has 2 saturated carbocycles. The van der Waals surface area contributed by atoms with E-state index in [0.717, 1.165) is 24.9 Å². The maximum Gasteiger partial charge on any atom is 0.317 e. The second-order valence-electron chi connectivity index (χ2n) is 7.26. The molecule has 0 unspecified atom stereocenters. The second-order valence-corrected chi connectivity index (χ2v) is 7.26. The van der Waals surface area contributed by atoms with Gasteiger partial charge in [0.1, 0.15) is 0 Å². The summed E-state index contributed by atoms with van der Waals surface area (Å²) in [6.45, 7) is 0.894. The summed E-state index contributed by atoms with van der Waals surface area (Å²) in [4.78, 5) is 35.3. The van der Waals surface area contributed by atoms with E-state index in [0.29, 0.717) is 5.92 Å². The van der Waals surface area contributed by atoms with Gasteiger partial charge in [0.25, 0.3) is 5.69 Å². The van der Waals surface area contributed by atoms with E-state index in [2.05, 4.69) is 5.32 Å². The first kappa shape index (κ1) is 18.3. The number of carbonyl (C=O) groups excluding carboxylic acids is 1. The van der Waals surface area contributed by atoms with Crippen LogP contribution in [0.15, 0.2) is 24.3 Å². The van der Waals surface area contributed by atoms with Crippen molar-refractivity contribution in [2.75, 3.05) is 13.1 Å². The lowest BCUT2D eigenvalue weighted by atomic mass is 9.85. The van der Waals surface area contributed by atoms with E-state index in [-0.39, 0.29) is 36.6 Å². The number of benzene rings is 1. The minimum absolute atomic E-state index is 0.00479. The van der Waals surface area contributed by atoms with E-state index in [1.54, 1.807) is 12.1 Å². The normalized spacial score (nSPS) is 21.9. The fourth-order valence-corrected chi connectivity index (χ4v) is 3.35. The predicted octanol–water partition coefficient (Wildman–Crippen LogP) is 1.58. The first-order chi connectivity index (χ1) is 12.4. The Balaban J connectivity index is 1.43. The van der Waals surface area contributed by atoms with Crippen molar-refractivity contribution in [2.24, 2.45) is 5.92 Å². The van der Waals surface area contributed by atoms with Crippen LogP contribution in [0.2, 0.25) is 0 Å². The predicted molar refractivity (Wildman–Crippen MR) is 93.7 cm³/mol. The Morgan fingerprint density at radius 1 is 1.23 bits per heavy atom. The number of carboxylic acid groups (broad SMARTS) is 1. The minimum Gasteiger partial charge on any atom is -0.480 e. The highest BCUT2D eigenvalue weighted by Crippen LogP contribution is 2.33. The van der Waals surface area contributed by atoms with Crippen LogP contribution in [0.4, 0.5) is 5.69 Å². The van der Waals surface area contributed by atoms with Gasteiger partial charge in [-0.15, -0.1) is 0 Å². The van der Waals surface area contributed by atoms with Gasteiger partial charge in [-0.1, -0.05) is 12.1 Å². The van der Waals surface area contributed by atoms with Gasteiger partial charge in [-0.2, -0.15) is 0 Å². The van der Waals surface area contributed by atoms with Crippen molar-refractivity contribution in [1.82, 2.24) is 10.2 Å². The number of hydrogen-bond donors (Lipinski definition) is 2. The molecule has 0 atom stereocenters. The number of hydrogen-bond acceptors (Lipinski definition) is 5. The highest BCUT2D eigenvalue weighted by atomic mass is 16.6. The zero-order chi connectivity index (χ0) is 18.7. The average Bonchev–Trinajstić information content (AvgIpc) is 3.34. The Bertz CT molecular complexity index is 681. The second kappa shape index (κ2) is 7.82. The molecule has 1 amide bonds. The summed E-state index contributed by atoms with van der Waals surface area (Å²) in [5, 5.41) is 22.7. The van der Waals surface area contributed by atoms with Crippen molar-refractivity contribution >= 4 is 17.6 Å². The molecule has 1 aromatic rings. The Kier molecular flexibility index (Phi) is 5.51. The van der Waals surface area contributed by atoms with Crippen molar-refractivity contribution in [3.8, 4) is 0 Å². The van der Waals surface area contributed by atoms with Gasteiger partial charge in [0.2, 0.25) is 5.91 Å². The molecule has 3 rings (SSSR count). The molecule has 2 N–H and O–H groups in total. The first-order valence-electron chi connectivity index (χ1n) is 8.89. The molecule has 0 aromatic heterocycles. The van der Waals surface area contributed by atoms with Crippen LogP contribution in [-0.4, -0.2) is 52.0 Å². The van der Waals surface area contributed by atoms with E-state index >= 15 is 0 Å². The third-order valence-electron chi connectivity index (χ3n) is 5.03. The molecule has 0 aliphatic heterocycles. The van der Waals surface area contributed by atoms with Gasteiger partial charge in [-0.25, -0.2) is 0 Å². The van der Waals surface area contributed by atoms with E-state index in [1.165, 1.54) is 25.0 Å². The highest BCUT2D eigenvalue weighted by Gasteiger charge is 2.37. The van der Waals surface area contributed by atoms with Gasteiger partial charge in [-0.05, 0) is 37.2 Å². The zero-order valence-electron chi connectivity index (χ0n) is 14.5. The molecule has 8 heteroatoms. The third kappa shape index (κ3) is 5.01. The van der Waals surface area contributed by atoms with Crippen LogP contribution in [0.3, 0.4) is 0 Å². The summed E-state index contributed by atoms with van der Waals surface area (Å²) in [6, 6.07) is 6.25. The first-order valence-corrected chi connectivity index (χ1v) is 8.89. The lowest BCUT2D eigenvalue weighted by Crippen LogP contribution is -2.55. The van der Waals surface area contributed by atoms with Gasteiger partial charge >= 0.3 is 5.97 Å². The van der Waals surface area contributed by atoms with Crippen molar-refractivity contribution in [3.05, 3.63) is 39.9 Å². The third-order valence-corrected chi connectivity index (χ3v) is 5.03. The lowest BCUT2D eigenvalue weighted by molar-refractivity contribution is -0.384. The Labute approximate surface area is 151 Å². The maximum atomic E-state index is 12.1. The number of aliphatic carboxylic acids is 1. The molecule has 0 spiro atoms. The summed E-state index contributed by atoms with van der Waals surface area (Å²) in [5.74, 6) is -0.296. The monoisotopic (exact) mass is 361 g/mol. The van der Waals surface area contributed by atoms with Crippen LogP contribution >= 0.6 is 0 Å². The van der Waals surface area contributed by atoms with Gasteiger partial charge in [0.15, 0.2) is 0 Å². The van der Waals surface area contributed by atoms with Crippen molar-refractivity contribution in [2.45, 2.75) is 44.2 Å². The Morgan fingerprint density at radius 2 is 1.88 bits per heavy atom. The summed E-state index contributed by atoms with van der Waals surface area (Å²) >= 11 is 0. The van der Waals surface area contributed by atoms with Gasteiger partial charge < -0.3 is 10.4 Å². The quantitative estimate of drug-likeness (QED) is 0.510. The topological polar surface area (TPSA) is 113 Å². The number of nitrogens with zero attached hydrogens (tertiary/aromatic N) is 2. The van der Waals surface area contributed by atoms with Gasteiger partial charge in [0, 0.05) is 30.8 Å². The molecule has 140 valence electrons. The number of nitro groups is 1. The van der Waals surface area contributed by atoms with Crippen LogP contribution in [-0.2, 0) is 16.0 Å². The maximum absolute atomic E-state index is 12.1. The molecule has 0 saturated heterocycles. The number of carboxylic acids is 1. The number of carbonyl (C=O) groups is 2. The molecular weight excluding hydrogens is 338 g/mol. The van der Waals surface area contributed by atoms with Gasteiger partial charge in [0.05, 0.1) is 17.9 Å². The molecule has 0 radical (unpaired) electrons. The fourth-order valence-electron chi connectivity index (χ4n) is 3.35. The van der Waals surface area contributed by atoms with Crippen LogP contribution in [0.25, 0.3) is 0 Å². The SMILES string of the molecule is O=C(O)CN(CC1CC1)C1CC(NC(=O)Cc2ccc([N+](=O)[O-])cc2)C1. The highest BCUT2D eigenvalue weighted by molar-refractivity contribution is 5.79. The minimum atomic E-state index is -0.809. The molecule has 1 aromatic carbocycles. The zero-order valence-corrected chi connectivity index (χ0v) is 14.5. The van der Waals surface area contributed by atoms with Crippen molar-refractivity contribution in [3.63, 3.8) is 0 Å². The number of nitrogens with one attached hydrogen (secondary N) is 1. The molecule has 26 heavy (non-hydrogen) atoms. The summed E-state index contributed by atoms with van der Waals surface area (Å²) in [7, 11) is 0. The van der Waals surface area contributed by atoms with Crippen LogP contribution in [0.5, 0.6) is 0 Å². The molecule has 0 heterocycles. The number of nitro benzene ring substituents is 1. The smallest absolute Gasteiger partial charge is 0.317 e. The molecule has 2 fully saturated rings. The molecule has 8 nitrogen and oxygen atoms in total. The van der Waals surface area contributed by atoms with Crippen molar-refractivity contribution < 1.29 is 19.6 Å². The van der Waals surface area contributed by atoms with E-state index in [1.807, 2.05) is 4.90 Å². The van der Waals surface area contributed by atoms with E-state index in [4.69, 9.17) is 5.11 Å². The summed E-state index contributed by atoms with van der Waals surface area (Å²) in [6.07, 6.45) is 4.08. The van der Waals surface area contributed by atoms with Crippen LogP contribution < -0.4 is 5.32 Å². The number of non-ortho nitro benzene ring substituents is 1. The average molecular weight is 361 g/mol. The number of rotatable bonds is 9. The summed E-state index contributed by atoms with van der Waals surface area (Å²) in [5.41, 5.74) is 0.732.